The molecule has 0 N–H and O–H groups in total. The Balaban J connectivity index is 1.29. The van der Waals surface area contributed by atoms with Crippen LogP contribution in [0.2, 0.25) is 5.02 Å². The molecule has 6 nitrogen and oxygen atoms in total. The van der Waals surface area contributed by atoms with Crippen LogP contribution in [0.5, 0.6) is 5.75 Å². The number of hydrogen-bond acceptors (Lipinski definition) is 6. The standard InChI is InChI=1S/C51H53ClO6/c1-3-42-31-46(52)43(29-37-25-27-44(28-26-37)54-4-2)30-45(42)48-50(56-34-40-21-13-7-14-22-40)51(57-35-41-23-15-8-16-24-41)49(55-33-39-19-11-6-12-20-39)47(58-48)36-53-32-38-17-9-5-10-18-38/h5-28,30-31,47-51H,3-4,29,32-36H2,1-2H3. The number of ether oxygens (including phenoxy) is 6. The summed E-state index contributed by atoms with van der Waals surface area (Å²) in [4.78, 5) is 0. The van der Waals surface area contributed by atoms with Crippen molar-refractivity contribution in [1.29, 1.82) is 0 Å². The molecule has 0 aliphatic carbocycles. The molecule has 1 fully saturated rings. The average molecular weight is 797 g/mol. The van der Waals surface area contributed by atoms with Crippen LogP contribution in [0.3, 0.4) is 0 Å². The van der Waals surface area contributed by atoms with Crippen LogP contribution in [0.4, 0.5) is 0 Å². The molecule has 58 heavy (non-hydrogen) atoms. The fourth-order valence-electron chi connectivity index (χ4n) is 7.51. The van der Waals surface area contributed by atoms with E-state index in [1.807, 2.05) is 91.9 Å². The van der Waals surface area contributed by atoms with E-state index in [0.29, 0.717) is 39.5 Å². The monoisotopic (exact) mass is 796 g/mol. The highest BCUT2D eigenvalue weighted by atomic mass is 35.5. The maximum absolute atomic E-state index is 7.31. The quantitative estimate of drug-likeness (QED) is 0.0814. The number of rotatable bonds is 19. The Bertz CT molecular complexity index is 2100. The van der Waals surface area contributed by atoms with Crippen molar-refractivity contribution in [2.45, 2.75) is 83.6 Å². The van der Waals surface area contributed by atoms with Crippen molar-refractivity contribution in [3.05, 3.63) is 207 Å². The zero-order valence-corrected chi connectivity index (χ0v) is 34.1. The highest BCUT2D eigenvalue weighted by Gasteiger charge is 2.49. The van der Waals surface area contributed by atoms with Crippen molar-refractivity contribution >= 4 is 11.6 Å². The fraction of sp³-hybridized carbons (Fsp3) is 0.294. The van der Waals surface area contributed by atoms with Crippen LogP contribution in [0.15, 0.2) is 158 Å². The summed E-state index contributed by atoms with van der Waals surface area (Å²) in [5, 5.41) is 0.718. The Labute approximate surface area is 348 Å². The zero-order chi connectivity index (χ0) is 39.9. The summed E-state index contributed by atoms with van der Waals surface area (Å²) in [5.74, 6) is 0.847. The van der Waals surface area contributed by atoms with Crippen molar-refractivity contribution in [2.24, 2.45) is 0 Å². The molecule has 0 amide bonds. The first-order valence-corrected chi connectivity index (χ1v) is 20.7. The van der Waals surface area contributed by atoms with E-state index in [9.17, 15) is 0 Å². The van der Waals surface area contributed by atoms with E-state index in [0.717, 1.165) is 61.7 Å². The van der Waals surface area contributed by atoms with E-state index in [-0.39, 0.29) is 6.61 Å². The van der Waals surface area contributed by atoms with Crippen LogP contribution in [0.1, 0.15) is 64.5 Å². The van der Waals surface area contributed by atoms with Crippen LogP contribution in [-0.4, -0.2) is 37.6 Å². The summed E-state index contributed by atoms with van der Waals surface area (Å²) in [6.45, 7) is 6.60. The molecular weight excluding hydrogens is 744 g/mol. The van der Waals surface area contributed by atoms with Crippen LogP contribution in [0.25, 0.3) is 0 Å². The first-order chi connectivity index (χ1) is 28.6. The molecule has 1 aliphatic rings. The second-order valence-corrected chi connectivity index (χ2v) is 15.0. The minimum absolute atomic E-state index is 0.287. The molecule has 6 aromatic carbocycles. The molecule has 0 saturated carbocycles. The van der Waals surface area contributed by atoms with Crippen molar-refractivity contribution in [3.63, 3.8) is 0 Å². The molecule has 0 bridgehead atoms. The first-order valence-electron chi connectivity index (χ1n) is 20.3. The van der Waals surface area contributed by atoms with E-state index >= 15 is 0 Å². The molecule has 0 radical (unpaired) electrons. The molecule has 0 aromatic heterocycles. The maximum Gasteiger partial charge on any atom is 0.119 e. The van der Waals surface area contributed by atoms with Crippen LogP contribution in [0, 0.1) is 0 Å². The van der Waals surface area contributed by atoms with Crippen molar-refractivity contribution in [1.82, 2.24) is 0 Å². The lowest BCUT2D eigenvalue weighted by Crippen LogP contribution is -2.58. The van der Waals surface area contributed by atoms with Gasteiger partial charge in [0.15, 0.2) is 0 Å². The third kappa shape index (κ3) is 11.2. The maximum atomic E-state index is 7.31. The van der Waals surface area contributed by atoms with Crippen LogP contribution < -0.4 is 4.74 Å². The Kier molecular flexibility index (Phi) is 15.2. The molecule has 7 rings (SSSR count). The number of halogens is 1. The molecule has 1 saturated heterocycles. The molecule has 7 heteroatoms. The molecule has 300 valence electrons. The predicted octanol–water partition coefficient (Wildman–Crippen LogP) is 11.3. The predicted molar refractivity (Wildman–Crippen MR) is 230 cm³/mol. The summed E-state index contributed by atoms with van der Waals surface area (Å²) >= 11 is 7.09. The van der Waals surface area contributed by atoms with Crippen molar-refractivity contribution in [2.75, 3.05) is 13.2 Å². The topological polar surface area (TPSA) is 55.4 Å². The molecular formula is C51H53ClO6. The smallest absolute Gasteiger partial charge is 0.119 e. The summed E-state index contributed by atoms with van der Waals surface area (Å²) in [7, 11) is 0. The van der Waals surface area contributed by atoms with E-state index in [4.69, 9.17) is 40.0 Å². The lowest BCUT2D eigenvalue weighted by molar-refractivity contribution is -0.275. The fourth-order valence-corrected chi connectivity index (χ4v) is 7.77. The van der Waals surface area contributed by atoms with Gasteiger partial charge in [-0.2, -0.15) is 0 Å². The third-order valence-corrected chi connectivity index (χ3v) is 10.9. The largest absolute Gasteiger partial charge is 0.494 e. The van der Waals surface area contributed by atoms with E-state index < -0.39 is 30.5 Å². The Morgan fingerprint density at radius 3 is 1.53 bits per heavy atom. The van der Waals surface area contributed by atoms with Gasteiger partial charge in [0, 0.05) is 5.02 Å². The van der Waals surface area contributed by atoms with Gasteiger partial charge in [-0.15, -0.1) is 0 Å². The summed E-state index contributed by atoms with van der Waals surface area (Å²) in [6, 6.07) is 53.4. The molecule has 1 heterocycles. The van der Waals surface area contributed by atoms with Gasteiger partial charge in [0.25, 0.3) is 0 Å². The first kappa shape index (κ1) is 41.4. The lowest BCUT2D eigenvalue weighted by Gasteiger charge is -2.47. The molecule has 1 aliphatic heterocycles. The number of benzene rings is 6. The van der Waals surface area contributed by atoms with Gasteiger partial charge in [0.2, 0.25) is 0 Å². The highest BCUT2D eigenvalue weighted by Crippen LogP contribution is 2.41. The molecule has 0 spiro atoms. The van der Waals surface area contributed by atoms with Gasteiger partial charge in [-0.25, -0.2) is 0 Å². The number of aryl methyl sites for hydroxylation is 1. The van der Waals surface area contributed by atoms with E-state index in [2.05, 4.69) is 79.7 Å². The minimum atomic E-state index is -0.556. The van der Waals surface area contributed by atoms with Crippen LogP contribution in [-0.2, 0) is 63.0 Å². The van der Waals surface area contributed by atoms with Gasteiger partial charge in [0.1, 0.15) is 36.3 Å². The zero-order valence-electron chi connectivity index (χ0n) is 33.4. The van der Waals surface area contributed by atoms with Gasteiger partial charge < -0.3 is 28.4 Å². The normalized spacial score (nSPS) is 19.2. The Morgan fingerprint density at radius 1 is 0.517 bits per heavy atom. The van der Waals surface area contributed by atoms with Gasteiger partial charge in [-0.3, -0.25) is 0 Å². The van der Waals surface area contributed by atoms with E-state index in [1.54, 1.807) is 0 Å². The highest BCUT2D eigenvalue weighted by molar-refractivity contribution is 6.31. The average Bonchev–Trinajstić information content (AvgIpc) is 3.27. The summed E-state index contributed by atoms with van der Waals surface area (Å²) < 4.78 is 40.5. The van der Waals surface area contributed by atoms with Gasteiger partial charge in [-0.05, 0) is 82.5 Å². The second kappa shape index (κ2) is 21.3. The van der Waals surface area contributed by atoms with Gasteiger partial charge in [-0.1, -0.05) is 158 Å². The van der Waals surface area contributed by atoms with Gasteiger partial charge >= 0.3 is 0 Å². The van der Waals surface area contributed by atoms with Crippen molar-refractivity contribution in [3.8, 4) is 5.75 Å². The molecule has 5 unspecified atom stereocenters. The molecule has 5 atom stereocenters. The SMILES string of the molecule is CCOc1ccc(Cc2cc(C3OC(COCc4ccccc4)C(OCc4ccccc4)C(OCc4ccccc4)C3OCc3ccccc3)c(CC)cc2Cl)cc1. The minimum Gasteiger partial charge on any atom is -0.494 e. The van der Waals surface area contributed by atoms with Gasteiger partial charge in [0.05, 0.1) is 39.6 Å². The Morgan fingerprint density at radius 2 is 1.02 bits per heavy atom. The van der Waals surface area contributed by atoms with Crippen LogP contribution >= 0.6 is 11.6 Å². The van der Waals surface area contributed by atoms with E-state index in [1.165, 1.54) is 0 Å². The lowest BCUT2D eigenvalue weighted by atomic mass is 9.86. The third-order valence-electron chi connectivity index (χ3n) is 10.5. The molecule has 6 aromatic rings. The summed E-state index contributed by atoms with van der Waals surface area (Å²) in [5.41, 5.74) is 8.51. The second-order valence-electron chi connectivity index (χ2n) is 14.6. The summed E-state index contributed by atoms with van der Waals surface area (Å²) in [6.07, 6.45) is -1.25. The van der Waals surface area contributed by atoms with Crippen molar-refractivity contribution < 1.29 is 28.4 Å². The number of hydrogen-bond donors (Lipinski definition) is 0. The Hall–Kier alpha value is -4.79.